The van der Waals surface area contributed by atoms with Gasteiger partial charge >= 0.3 is 5.97 Å². The van der Waals surface area contributed by atoms with E-state index in [1.54, 1.807) is 6.08 Å². The van der Waals surface area contributed by atoms with Gasteiger partial charge in [-0.25, -0.2) is 0 Å². The number of ether oxygens (including phenoxy) is 1. The van der Waals surface area contributed by atoms with Gasteiger partial charge in [0.2, 0.25) is 5.91 Å². The second-order valence-electron chi connectivity index (χ2n) is 18.6. The van der Waals surface area contributed by atoms with Gasteiger partial charge in [-0.1, -0.05) is 247 Å². The smallest absolute Gasteiger partial charge is 0.306 e. The Labute approximate surface area is 414 Å². The van der Waals surface area contributed by atoms with Crippen molar-refractivity contribution < 1.29 is 24.5 Å². The highest BCUT2D eigenvalue weighted by molar-refractivity contribution is 5.78. The van der Waals surface area contributed by atoms with Crippen LogP contribution in [0.2, 0.25) is 0 Å². The Bertz CT molecular complexity index is 1320. The van der Waals surface area contributed by atoms with Crippen molar-refractivity contribution >= 4 is 11.9 Å². The molecule has 0 aliphatic heterocycles. The molecule has 384 valence electrons. The molecule has 0 radical (unpaired) electrons. The van der Waals surface area contributed by atoms with Crippen molar-refractivity contribution in [2.45, 2.75) is 270 Å². The number of aliphatic hydroxyl groups excluding tert-OH is 2. The van der Waals surface area contributed by atoms with E-state index in [2.05, 4.69) is 111 Å². The molecule has 0 aliphatic rings. The van der Waals surface area contributed by atoms with Gasteiger partial charge in [0.15, 0.2) is 0 Å². The van der Waals surface area contributed by atoms with Crippen LogP contribution in [0.15, 0.2) is 97.2 Å². The topological polar surface area (TPSA) is 95.9 Å². The molecular weight excluding hydrogens is 827 g/mol. The minimum absolute atomic E-state index is 0.0546. The van der Waals surface area contributed by atoms with E-state index in [4.69, 9.17) is 4.74 Å². The number of carbonyl (C=O) groups is 2. The number of rotatable bonds is 49. The number of nitrogens with one attached hydrogen (secondary N) is 1. The zero-order chi connectivity index (χ0) is 48.8. The van der Waals surface area contributed by atoms with Gasteiger partial charge in [-0.3, -0.25) is 9.59 Å². The fraction of sp³-hybridized carbons (Fsp3) is 0.705. The Morgan fingerprint density at radius 2 is 0.836 bits per heavy atom. The molecule has 3 atom stereocenters. The number of esters is 1. The minimum Gasteiger partial charge on any atom is -0.458 e. The lowest BCUT2D eigenvalue weighted by molar-refractivity contribution is -0.148. The molecule has 0 aromatic carbocycles. The molecule has 0 aromatic rings. The highest BCUT2D eigenvalue weighted by atomic mass is 16.5. The third-order valence-corrected chi connectivity index (χ3v) is 12.1. The van der Waals surface area contributed by atoms with Gasteiger partial charge in [-0.15, -0.1) is 0 Å². The lowest BCUT2D eigenvalue weighted by atomic mass is 10.0. The van der Waals surface area contributed by atoms with Crippen LogP contribution < -0.4 is 5.32 Å². The second-order valence-corrected chi connectivity index (χ2v) is 18.6. The molecule has 0 saturated carbocycles. The molecule has 67 heavy (non-hydrogen) atoms. The van der Waals surface area contributed by atoms with E-state index in [-0.39, 0.29) is 24.9 Å². The summed E-state index contributed by atoms with van der Waals surface area (Å²) in [4.78, 5) is 26.2. The molecule has 3 unspecified atom stereocenters. The first kappa shape index (κ1) is 63.8. The molecule has 3 N–H and O–H groups in total. The predicted octanol–water partition coefficient (Wildman–Crippen LogP) is 17.3. The molecule has 1 amide bonds. The summed E-state index contributed by atoms with van der Waals surface area (Å²) in [6.07, 6.45) is 72.1. The summed E-state index contributed by atoms with van der Waals surface area (Å²) >= 11 is 0. The van der Waals surface area contributed by atoms with Gasteiger partial charge in [0.05, 0.1) is 25.2 Å². The van der Waals surface area contributed by atoms with Crippen LogP contribution in [0.5, 0.6) is 0 Å². The monoisotopic (exact) mass is 932 g/mol. The number of amides is 1. The van der Waals surface area contributed by atoms with Gasteiger partial charge in [-0.05, 0) is 89.5 Å². The van der Waals surface area contributed by atoms with Crippen LogP contribution in [-0.2, 0) is 14.3 Å². The van der Waals surface area contributed by atoms with Gasteiger partial charge < -0.3 is 20.3 Å². The van der Waals surface area contributed by atoms with Crippen LogP contribution in [0.25, 0.3) is 0 Å². The molecular formula is C61H105NO5. The van der Waals surface area contributed by atoms with Crippen LogP contribution in [-0.4, -0.2) is 46.9 Å². The first-order valence-corrected chi connectivity index (χ1v) is 28.0. The molecule has 0 heterocycles. The van der Waals surface area contributed by atoms with Crippen molar-refractivity contribution in [2.75, 3.05) is 6.61 Å². The number of carbonyl (C=O) groups excluding carboxylic acids is 2. The van der Waals surface area contributed by atoms with Gasteiger partial charge in [0.1, 0.15) is 6.10 Å². The maximum absolute atomic E-state index is 13.2. The highest BCUT2D eigenvalue weighted by Gasteiger charge is 2.23. The lowest BCUT2D eigenvalue weighted by Gasteiger charge is -2.23. The lowest BCUT2D eigenvalue weighted by Crippen LogP contribution is -2.46. The number of allylic oxidation sites excluding steroid dienone is 15. The Morgan fingerprint density at radius 1 is 0.463 bits per heavy atom. The van der Waals surface area contributed by atoms with E-state index in [9.17, 15) is 19.8 Å². The summed E-state index contributed by atoms with van der Waals surface area (Å²) in [5, 5.41) is 23.8. The van der Waals surface area contributed by atoms with E-state index in [1.165, 1.54) is 122 Å². The van der Waals surface area contributed by atoms with Gasteiger partial charge in [-0.2, -0.15) is 0 Å². The molecule has 0 aliphatic carbocycles. The van der Waals surface area contributed by atoms with Crippen LogP contribution in [0.1, 0.15) is 252 Å². The number of hydrogen-bond donors (Lipinski definition) is 3. The normalized spacial score (nSPS) is 13.9. The number of aliphatic hydroxyl groups is 2. The Hall–Kier alpha value is -3.22. The molecule has 0 saturated heterocycles. The summed E-state index contributed by atoms with van der Waals surface area (Å²) in [5.74, 6) is -0.641. The SMILES string of the molecule is CC/C=C\C/C=C\C/C=C\C/C=C\C/C=C\C/C=C\C(CC(=O)NC(CO)C(O)CCCCCCCCCCCCCCCC)OC(=O)CCCCCCCCC/C=C\C/C=C\CCCCC. The average Bonchev–Trinajstić information content (AvgIpc) is 3.32. The van der Waals surface area contributed by atoms with Gasteiger partial charge in [0, 0.05) is 6.42 Å². The number of unbranched alkanes of at least 4 members (excludes halogenated alkanes) is 23. The van der Waals surface area contributed by atoms with Crippen molar-refractivity contribution in [1.29, 1.82) is 0 Å². The van der Waals surface area contributed by atoms with Crippen LogP contribution >= 0.6 is 0 Å². The third-order valence-electron chi connectivity index (χ3n) is 12.1. The molecule has 0 rings (SSSR count). The first-order chi connectivity index (χ1) is 33.0. The molecule has 0 spiro atoms. The average molecular weight is 933 g/mol. The van der Waals surface area contributed by atoms with E-state index in [1.807, 2.05) is 6.08 Å². The summed E-state index contributed by atoms with van der Waals surface area (Å²) in [6.45, 7) is 6.32. The van der Waals surface area contributed by atoms with Crippen LogP contribution in [0.3, 0.4) is 0 Å². The van der Waals surface area contributed by atoms with Crippen molar-refractivity contribution in [1.82, 2.24) is 5.32 Å². The highest BCUT2D eigenvalue weighted by Crippen LogP contribution is 2.16. The third kappa shape index (κ3) is 49.0. The van der Waals surface area contributed by atoms with Crippen molar-refractivity contribution in [3.8, 4) is 0 Å². The summed E-state index contributed by atoms with van der Waals surface area (Å²) in [6, 6.07) is -0.750. The van der Waals surface area contributed by atoms with Crippen LogP contribution in [0, 0.1) is 0 Å². The Balaban J connectivity index is 4.76. The molecule has 0 aromatic heterocycles. The summed E-state index contributed by atoms with van der Waals surface area (Å²) in [7, 11) is 0. The quantitative estimate of drug-likeness (QED) is 0.0321. The maximum atomic E-state index is 13.2. The second kappa shape index (κ2) is 53.7. The molecule has 0 bridgehead atoms. The molecule has 6 nitrogen and oxygen atoms in total. The predicted molar refractivity (Wildman–Crippen MR) is 291 cm³/mol. The summed E-state index contributed by atoms with van der Waals surface area (Å²) in [5.41, 5.74) is 0. The Morgan fingerprint density at radius 3 is 1.30 bits per heavy atom. The van der Waals surface area contributed by atoms with E-state index < -0.39 is 18.2 Å². The van der Waals surface area contributed by atoms with Crippen molar-refractivity contribution in [3.05, 3.63) is 97.2 Å². The fourth-order valence-corrected chi connectivity index (χ4v) is 7.93. The van der Waals surface area contributed by atoms with Crippen molar-refractivity contribution in [2.24, 2.45) is 0 Å². The Kier molecular flexibility index (Phi) is 51.1. The largest absolute Gasteiger partial charge is 0.458 e. The molecule has 0 fully saturated rings. The maximum Gasteiger partial charge on any atom is 0.306 e. The number of hydrogen-bond acceptors (Lipinski definition) is 5. The van der Waals surface area contributed by atoms with E-state index >= 15 is 0 Å². The van der Waals surface area contributed by atoms with Crippen LogP contribution in [0.4, 0.5) is 0 Å². The fourth-order valence-electron chi connectivity index (χ4n) is 7.93. The van der Waals surface area contributed by atoms with E-state index in [0.717, 1.165) is 83.5 Å². The zero-order valence-corrected chi connectivity index (χ0v) is 43.8. The molecule has 6 heteroatoms. The standard InChI is InChI=1S/C61H105NO5/c1-4-7-10-13-16-19-22-25-28-30-32-34-37-40-43-46-49-52-57(67-61(66)54-51-48-45-42-39-36-33-31-29-26-23-20-17-14-11-8-5-2)55-60(65)62-58(56-63)59(64)53-50-47-44-41-38-35-27-24-21-18-15-12-9-6-3/h7,10,16-17,19-20,25-26,28-29,32,34,40,43,49,52,57-59,63-64H,4-6,8-9,11-15,18,21-24,27,30-31,33,35-39,41-42,44-48,50-51,53-56H2,1-3H3,(H,62,65)/b10-7-,19-16-,20-17-,28-25-,29-26-,34-32-,43-40-,52-49-. The van der Waals surface area contributed by atoms with Gasteiger partial charge in [0.25, 0.3) is 0 Å². The van der Waals surface area contributed by atoms with E-state index in [0.29, 0.717) is 19.3 Å². The minimum atomic E-state index is -0.827. The zero-order valence-electron chi connectivity index (χ0n) is 43.8. The van der Waals surface area contributed by atoms with Crippen molar-refractivity contribution in [3.63, 3.8) is 0 Å². The summed E-state index contributed by atoms with van der Waals surface area (Å²) < 4.78 is 5.84. The first-order valence-electron chi connectivity index (χ1n) is 28.0.